The van der Waals surface area contributed by atoms with Crippen LogP contribution in [0.15, 0.2) is 22.4 Å². The topological polar surface area (TPSA) is 103 Å². The average Bonchev–Trinajstić information content (AvgIpc) is 2.47. The van der Waals surface area contributed by atoms with Gasteiger partial charge in [-0.3, -0.25) is 4.79 Å². The van der Waals surface area contributed by atoms with Crippen LogP contribution in [0.2, 0.25) is 0 Å². The van der Waals surface area contributed by atoms with E-state index >= 15 is 0 Å². The third kappa shape index (κ3) is 2.95. The Kier molecular flexibility index (Phi) is 3.04. The van der Waals surface area contributed by atoms with E-state index in [9.17, 15) is 13.2 Å². The van der Waals surface area contributed by atoms with Crippen molar-refractivity contribution >= 4 is 33.3 Å². The molecule has 0 radical (unpaired) electrons. The summed E-state index contributed by atoms with van der Waals surface area (Å²) in [6.45, 7) is 0. The highest BCUT2D eigenvalue weighted by Gasteiger charge is 2.09. The van der Waals surface area contributed by atoms with Crippen LogP contribution in [0.25, 0.3) is 6.08 Å². The van der Waals surface area contributed by atoms with Gasteiger partial charge in [0.15, 0.2) is 0 Å². The highest BCUT2D eigenvalue weighted by Crippen LogP contribution is 2.21. The molecule has 1 rings (SSSR count). The SMILES string of the molecule is NC(=O)C=Cc1ccc(S(N)(=O)=O)s1. The second-order valence-electron chi connectivity index (χ2n) is 2.44. The minimum Gasteiger partial charge on any atom is -0.366 e. The molecule has 1 amide bonds. The Balaban J connectivity index is 2.95. The third-order valence-electron chi connectivity index (χ3n) is 1.29. The lowest BCUT2D eigenvalue weighted by Crippen LogP contribution is -2.09. The van der Waals surface area contributed by atoms with E-state index < -0.39 is 15.9 Å². The van der Waals surface area contributed by atoms with Crippen LogP contribution in [0.1, 0.15) is 4.88 Å². The summed E-state index contributed by atoms with van der Waals surface area (Å²) in [5, 5.41) is 4.89. The number of amides is 1. The largest absolute Gasteiger partial charge is 0.366 e. The molecule has 0 aliphatic heterocycles. The summed E-state index contributed by atoms with van der Waals surface area (Å²) in [6.07, 6.45) is 2.58. The van der Waals surface area contributed by atoms with Crippen LogP contribution >= 0.6 is 11.3 Å². The van der Waals surface area contributed by atoms with E-state index in [0.29, 0.717) is 4.88 Å². The molecule has 7 heteroatoms. The zero-order valence-electron chi connectivity index (χ0n) is 7.01. The van der Waals surface area contributed by atoms with Crippen LogP contribution in [0.5, 0.6) is 0 Å². The van der Waals surface area contributed by atoms with Gasteiger partial charge in [-0.25, -0.2) is 13.6 Å². The van der Waals surface area contributed by atoms with Crippen LogP contribution in [0, 0.1) is 0 Å². The highest BCUT2D eigenvalue weighted by atomic mass is 32.2. The molecular formula is C7H8N2O3S2. The van der Waals surface area contributed by atoms with Gasteiger partial charge in [0, 0.05) is 11.0 Å². The molecule has 5 nitrogen and oxygen atoms in total. The third-order valence-corrected chi connectivity index (χ3v) is 3.78. The number of primary sulfonamides is 1. The van der Waals surface area contributed by atoms with E-state index in [0.717, 1.165) is 17.4 Å². The molecule has 0 atom stereocenters. The maximum atomic E-state index is 10.9. The van der Waals surface area contributed by atoms with Crippen molar-refractivity contribution in [2.75, 3.05) is 0 Å². The van der Waals surface area contributed by atoms with Gasteiger partial charge in [-0.2, -0.15) is 0 Å². The molecule has 0 aromatic carbocycles. The van der Waals surface area contributed by atoms with Crippen LogP contribution in [-0.4, -0.2) is 14.3 Å². The summed E-state index contributed by atoms with van der Waals surface area (Å²) in [4.78, 5) is 11.0. The summed E-state index contributed by atoms with van der Waals surface area (Å²) < 4.78 is 21.8. The van der Waals surface area contributed by atoms with Crippen LogP contribution in [0.4, 0.5) is 0 Å². The molecule has 0 bridgehead atoms. The van der Waals surface area contributed by atoms with Gasteiger partial charge >= 0.3 is 0 Å². The van der Waals surface area contributed by atoms with Crippen molar-refractivity contribution < 1.29 is 13.2 Å². The standard InChI is InChI=1S/C7H8N2O3S2/c8-6(10)3-1-5-2-4-7(13-5)14(9,11)12/h1-4H,(H2,8,10)(H2,9,11,12). The molecule has 1 heterocycles. The number of primary amides is 1. The van der Waals surface area contributed by atoms with Gasteiger partial charge in [0.1, 0.15) is 4.21 Å². The Morgan fingerprint density at radius 1 is 1.43 bits per heavy atom. The zero-order valence-corrected chi connectivity index (χ0v) is 8.64. The fourth-order valence-electron chi connectivity index (χ4n) is 0.741. The quantitative estimate of drug-likeness (QED) is 0.711. The summed E-state index contributed by atoms with van der Waals surface area (Å²) in [5.41, 5.74) is 4.87. The van der Waals surface area contributed by atoms with Crippen molar-refractivity contribution in [1.82, 2.24) is 0 Å². The molecule has 0 saturated heterocycles. The lowest BCUT2D eigenvalue weighted by molar-refractivity contribution is -0.113. The van der Waals surface area contributed by atoms with Gasteiger partial charge in [0.05, 0.1) is 0 Å². The van der Waals surface area contributed by atoms with E-state index in [1.807, 2.05) is 0 Å². The van der Waals surface area contributed by atoms with E-state index in [1.54, 1.807) is 6.07 Å². The molecule has 4 N–H and O–H groups in total. The first-order chi connectivity index (χ1) is 6.39. The maximum absolute atomic E-state index is 10.9. The fraction of sp³-hybridized carbons (Fsp3) is 0. The predicted molar refractivity (Wildman–Crippen MR) is 53.9 cm³/mol. The molecule has 14 heavy (non-hydrogen) atoms. The number of carbonyl (C=O) groups is 1. The van der Waals surface area contributed by atoms with Crippen molar-refractivity contribution in [1.29, 1.82) is 0 Å². The van der Waals surface area contributed by atoms with Crippen molar-refractivity contribution in [2.24, 2.45) is 10.9 Å². The summed E-state index contributed by atoms with van der Waals surface area (Å²) >= 11 is 0.974. The zero-order chi connectivity index (χ0) is 10.8. The minimum atomic E-state index is -3.65. The maximum Gasteiger partial charge on any atom is 0.247 e. The molecule has 1 aromatic heterocycles. The molecule has 1 aromatic rings. The van der Waals surface area contributed by atoms with Gasteiger partial charge in [-0.05, 0) is 18.2 Å². The van der Waals surface area contributed by atoms with Crippen LogP contribution in [0.3, 0.4) is 0 Å². The van der Waals surface area contributed by atoms with Gasteiger partial charge in [-0.15, -0.1) is 11.3 Å². The lowest BCUT2D eigenvalue weighted by Gasteiger charge is -1.88. The number of thiophene rings is 1. The van der Waals surface area contributed by atoms with E-state index in [-0.39, 0.29) is 4.21 Å². The smallest absolute Gasteiger partial charge is 0.247 e. The van der Waals surface area contributed by atoms with E-state index in [4.69, 9.17) is 10.9 Å². The average molecular weight is 232 g/mol. The van der Waals surface area contributed by atoms with E-state index in [2.05, 4.69) is 0 Å². The molecular weight excluding hydrogens is 224 g/mol. The summed E-state index contributed by atoms with van der Waals surface area (Å²) in [6, 6.07) is 2.92. The van der Waals surface area contributed by atoms with Crippen molar-refractivity contribution in [3.8, 4) is 0 Å². The van der Waals surface area contributed by atoms with Gasteiger partial charge < -0.3 is 5.73 Å². The Bertz CT molecular complexity index is 473. The number of sulfonamides is 1. The van der Waals surface area contributed by atoms with Crippen molar-refractivity contribution in [2.45, 2.75) is 4.21 Å². The Morgan fingerprint density at radius 3 is 2.50 bits per heavy atom. The summed E-state index contributed by atoms with van der Waals surface area (Å²) in [7, 11) is -3.65. The lowest BCUT2D eigenvalue weighted by atomic mass is 10.4. The summed E-state index contributed by atoms with van der Waals surface area (Å²) in [5.74, 6) is -0.587. The van der Waals surface area contributed by atoms with Gasteiger partial charge in [-0.1, -0.05) is 0 Å². The first kappa shape index (κ1) is 10.9. The van der Waals surface area contributed by atoms with Gasteiger partial charge in [0.25, 0.3) is 0 Å². The minimum absolute atomic E-state index is 0.0571. The van der Waals surface area contributed by atoms with Crippen molar-refractivity contribution in [3.63, 3.8) is 0 Å². The van der Waals surface area contributed by atoms with Crippen molar-refractivity contribution in [3.05, 3.63) is 23.1 Å². The Hall–Kier alpha value is -1.18. The van der Waals surface area contributed by atoms with Crippen LogP contribution in [-0.2, 0) is 14.8 Å². The number of rotatable bonds is 3. The first-order valence-corrected chi connectivity index (χ1v) is 5.86. The monoisotopic (exact) mass is 232 g/mol. The number of carbonyl (C=O) groups excluding carboxylic acids is 1. The molecule has 0 aliphatic rings. The first-order valence-electron chi connectivity index (χ1n) is 3.50. The molecule has 76 valence electrons. The molecule has 0 spiro atoms. The Labute approximate surface area is 85.1 Å². The number of nitrogens with two attached hydrogens (primary N) is 2. The molecule has 0 unspecified atom stereocenters. The molecule has 0 saturated carbocycles. The van der Waals surface area contributed by atoms with E-state index in [1.165, 1.54) is 12.1 Å². The van der Waals surface area contributed by atoms with Gasteiger partial charge in [0.2, 0.25) is 15.9 Å². The van der Waals surface area contributed by atoms with Crippen LogP contribution < -0.4 is 10.9 Å². The Morgan fingerprint density at radius 2 is 2.07 bits per heavy atom. The normalized spacial score (nSPS) is 12.1. The second-order valence-corrected chi connectivity index (χ2v) is 5.34. The highest BCUT2D eigenvalue weighted by molar-refractivity contribution is 7.91. The molecule has 0 fully saturated rings. The number of hydrogen-bond acceptors (Lipinski definition) is 4. The molecule has 0 aliphatic carbocycles. The fourth-order valence-corrected chi connectivity index (χ4v) is 2.39. The predicted octanol–water partition coefficient (Wildman–Crippen LogP) is -0.106. The second kappa shape index (κ2) is 3.91. The number of hydrogen-bond donors (Lipinski definition) is 2.